The van der Waals surface area contributed by atoms with Crippen LogP contribution in [0.4, 0.5) is 23.2 Å². The summed E-state index contributed by atoms with van der Waals surface area (Å²) < 4.78 is 66.2. The van der Waals surface area contributed by atoms with E-state index in [4.69, 9.17) is 15.7 Å². The van der Waals surface area contributed by atoms with Gasteiger partial charge in [-0.3, -0.25) is 9.98 Å². The number of nitrogens with two attached hydrogens (primary N) is 1. The summed E-state index contributed by atoms with van der Waals surface area (Å²) in [6, 6.07) is 4.87. The van der Waals surface area contributed by atoms with Gasteiger partial charge in [0.2, 0.25) is 0 Å². The number of nitrogens with zero attached hydrogens (tertiary/aromatic N) is 3. The molecule has 1 aliphatic carbocycles. The molecule has 0 radical (unpaired) electrons. The first-order chi connectivity index (χ1) is 15.4. The first kappa shape index (κ1) is 23.0. The quantitative estimate of drug-likeness (QED) is 0.663. The van der Waals surface area contributed by atoms with Gasteiger partial charge in [0.05, 0.1) is 23.0 Å². The van der Waals surface area contributed by atoms with Gasteiger partial charge in [0.25, 0.3) is 0 Å². The molecule has 2 aliphatic rings. The number of nitrogens with one attached hydrogen (secondary N) is 1. The molecule has 2 heterocycles. The number of anilines is 1. The van der Waals surface area contributed by atoms with E-state index in [1.807, 2.05) is 6.07 Å². The standard InChI is InChI=1S/C23H23F4N5O/c1-21(2)23(26,27)22(3,32-19(29)11-33-21)14-7-18(16(25)8-15(14)24)31-17-5-4-13-6-12(9-28)10-30-20(13)17/h6-8,10,17,31H,4-5,11H2,1-3H3,(H2,29,32). The molecule has 0 spiro atoms. The third-order valence-corrected chi connectivity index (χ3v) is 6.39. The average Bonchev–Trinajstić information content (AvgIpc) is 3.13. The first-order valence-corrected chi connectivity index (χ1v) is 10.4. The SMILES string of the molecule is CC1(C)OCC(N)=NC(C)(c2cc(NC3CCc4cc(C#N)cnc43)c(F)cc2F)C1(F)F. The van der Waals surface area contributed by atoms with Crippen LogP contribution in [0.3, 0.4) is 0 Å². The maximum atomic E-state index is 15.6. The van der Waals surface area contributed by atoms with Crippen molar-refractivity contribution in [3.63, 3.8) is 0 Å². The highest BCUT2D eigenvalue weighted by atomic mass is 19.3. The molecule has 0 saturated heterocycles. The third-order valence-electron chi connectivity index (χ3n) is 6.39. The van der Waals surface area contributed by atoms with E-state index in [9.17, 15) is 8.78 Å². The van der Waals surface area contributed by atoms with Gasteiger partial charge in [0.1, 0.15) is 35.7 Å². The van der Waals surface area contributed by atoms with Crippen molar-refractivity contribution in [3.8, 4) is 6.07 Å². The van der Waals surface area contributed by atoms with Crippen LogP contribution in [0.5, 0.6) is 0 Å². The summed E-state index contributed by atoms with van der Waals surface area (Å²) in [5.74, 6) is -6.01. The number of ether oxygens (including phenoxy) is 1. The molecule has 1 aromatic carbocycles. The summed E-state index contributed by atoms with van der Waals surface area (Å²) in [7, 11) is 0. The Balaban J connectivity index is 1.78. The van der Waals surface area contributed by atoms with Crippen LogP contribution >= 0.6 is 0 Å². The van der Waals surface area contributed by atoms with Gasteiger partial charge in [-0.15, -0.1) is 0 Å². The lowest BCUT2D eigenvalue weighted by Crippen LogP contribution is -2.56. The van der Waals surface area contributed by atoms with E-state index in [0.29, 0.717) is 30.2 Å². The molecule has 1 aromatic heterocycles. The lowest BCUT2D eigenvalue weighted by molar-refractivity contribution is -0.214. The molecule has 0 saturated carbocycles. The fourth-order valence-corrected chi connectivity index (χ4v) is 4.44. The zero-order chi connectivity index (χ0) is 24.2. The first-order valence-electron chi connectivity index (χ1n) is 10.4. The van der Waals surface area contributed by atoms with E-state index in [1.54, 1.807) is 6.07 Å². The van der Waals surface area contributed by atoms with E-state index >= 15 is 8.78 Å². The molecule has 0 bridgehead atoms. The average molecular weight is 461 g/mol. The smallest absolute Gasteiger partial charge is 0.304 e. The van der Waals surface area contributed by atoms with Crippen LogP contribution in [-0.2, 0) is 16.7 Å². The summed E-state index contributed by atoms with van der Waals surface area (Å²) in [5.41, 5.74) is 2.50. The lowest BCUT2D eigenvalue weighted by atomic mass is 9.78. The molecule has 4 rings (SSSR count). The van der Waals surface area contributed by atoms with Gasteiger partial charge < -0.3 is 15.8 Å². The Hall–Kier alpha value is -3.19. The van der Waals surface area contributed by atoms with Crippen molar-refractivity contribution in [1.29, 1.82) is 5.26 Å². The molecular weight excluding hydrogens is 438 g/mol. The summed E-state index contributed by atoms with van der Waals surface area (Å²) in [4.78, 5) is 8.22. The van der Waals surface area contributed by atoms with E-state index in [-0.39, 0.29) is 18.1 Å². The van der Waals surface area contributed by atoms with Crippen molar-refractivity contribution < 1.29 is 22.3 Å². The number of aromatic nitrogens is 1. The molecule has 3 N–H and O–H groups in total. The number of hydrogen-bond donors (Lipinski definition) is 2. The largest absolute Gasteiger partial charge is 0.385 e. The maximum absolute atomic E-state index is 15.6. The Bertz CT molecular complexity index is 1190. The van der Waals surface area contributed by atoms with E-state index in [0.717, 1.165) is 18.6 Å². The highest BCUT2D eigenvalue weighted by molar-refractivity contribution is 5.82. The molecule has 174 valence electrons. The van der Waals surface area contributed by atoms with Gasteiger partial charge in [0.15, 0.2) is 5.54 Å². The van der Waals surface area contributed by atoms with Crippen LogP contribution in [0.1, 0.15) is 55.6 Å². The van der Waals surface area contributed by atoms with Gasteiger partial charge in [-0.25, -0.2) is 17.6 Å². The minimum absolute atomic E-state index is 0.163. The second-order valence-electron chi connectivity index (χ2n) is 8.98. The van der Waals surface area contributed by atoms with Crippen LogP contribution in [0.2, 0.25) is 0 Å². The van der Waals surface area contributed by atoms with E-state index in [1.165, 1.54) is 20.0 Å². The van der Waals surface area contributed by atoms with Gasteiger partial charge in [-0.2, -0.15) is 5.26 Å². The number of nitriles is 1. The topological polar surface area (TPSA) is 96.3 Å². The fraction of sp³-hybridized carbons (Fsp3) is 0.435. The Labute approximate surface area is 188 Å². The zero-order valence-corrected chi connectivity index (χ0v) is 18.3. The summed E-state index contributed by atoms with van der Waals surface area (Å²) >= 11 is 0. The number of aryl methyl sites for hydroxylation is 1. The van der Waals surface area contributed by atoms with Crippen molar-refractivity contribution in [2.24, 2.45) is 10.7 Å². The van der Waals surface area contributed by atoms with Gasteiger partial charge in [-0.1, -0.05) is 0 Å². The monoisotopic (exact) mass is 461 g/mol. The van der Waals surface area contributed by atoms with Crippen molar-refractivity contribution in [1.82, 2.24) is 4.98 Å². The molecule has 2 atom stereocenters. The Morgan fingerprint density at radius 2 is 1.91 bits per heavy atom. The minimum atomic E-state index is -3.69. The summed E-state index contributed by atoms with van der Waals surface area (Å²) in [5, 5.41) is 12.0. The van der Waals surface area contributed by atoms with Crippen LogP contribution in [-0.4, -0.2) is 29.0 Å². The molecule has 6 nitrogen and oxygen atoms in total. The summed E-state index contributed by atoms with van der Waals surface area (Å²) in [6.07, 6.45) is 2.56. The van der Waals surface area contributed by atoms with Crippen LogP contribution in [0, 0.1) is 23.0 Å². The molecule has 10 heteroatoms. The number of pyridine rings is 1. The fourth-order valence-electron chi connectivity index (χ4n) is 4.44. The zero-order valence-electron chi connectivity index (χ0n) is 18.3. The van der Waals surface area contributed by atoms with Gasteiger partial charge in [0, 0.05) is 17.8 Å². The molecule has 0 amide bonds. The number of aliphatic imine (C=N–C) groups is 1. The highest BCUT2D eigenvalue weighted by Gasteiger charge is 2.64. The van der Waals surface area contributed by atoms with E-state index in [2.05, 4.69) is 15.3 Å². The minimum Gasteiger partial charge on any atom is -0.385 e. The second-order valence-corrected chi connectivity index (χ2v) is 8.98. The predicted molar refractivity (Wildman–Crippen MR) is 114 cm³/mol. The van der Waals surface area contributed by atoms with Crippen LogP contribution in [0.15, 0.2) is 29.4 Å². The van der Waals surface area contributed by atoms with Crippen LogP contribution < -0.4 is 11.1 Å². The van der Waals surface area contributed by atoms with Crippen LogP contribution in [0.25, 0.3) is 0 Å². The number of benzene rings is 1. The summed E-state index contributed by atoms with van der Waals surface area (Å²) in [6.45, 7) is 3.07. The Morgan fingerprint density at radius 3 is 2.61 bits per heavy atom. The predicted octanol–water partition coefficient (Wildman–Crippen LogP) is 4.35. The normalized spacial score (nSPS) is 25.5. The van der Waals surface area contributed by atoms with Crippen molar-refractivity contribution in [3.05, 3.63) is 58.4 Å². The van der Waals surface area contributed by atoms with Gasteiger partial charge in [-0.05, 0) is 51.3 Å². The van der Waals surface area contributed by atoms with E-state index < -0.39 is 40.3 Å². The maximum Gasteiger partial charge on any atom is 0.304 e. The number of halogens is 4. The molecule has 1 aliphatic heterocycles. The number of fused-ring (bicyclic) bond motifs is 1. The molecule has 0 fully saturated rings. The Morgan fingerprint density at radius 1 is 1.18 bits per heavy atom. The molecule has 2 unspecified atom stereocenters. The number of alkyl halides is 2. The molecule has 2 aromatic rings. The lowest BCUT2D eigenvalue weighted by Gasteiger charge is -2.42. The molecule has 33 heavy (non-hydrogen) atoms. The second kappa shape index (κ2) is 7.70. The third kappa shape index (κ3) is 3.60. The number of rotatable bonds is 3. The number of amidine groups is 1. The van der Waals surface area contributed by atoms with Crippen molar-refractivity contribution >= 4 is 11.5 Å². The molecular formula is C23H23F4N5O. The number of hydrogen-bond acceptors (Lipinski definition) is 6. The van der Waals surface area contributed by atoms with Crippen molar-refractivity contribution in [2.45, 2.75) is 56.7 Å². The Kier molecular flexibility index (Phi) is 5.36. The highest BCUT2D eigenvalue weighted by Crippen LogP contribution is 2.51. The van der Waals surface area contributed by atoms with Gasteiger partial charge >= 0.3 is 5.92 Å². The van der Waals surface area contributed by atoms with Crippen molar-refractivity contribution in [2.75, 3.05) is 11.9 Å².